The zero-order valence-electron chi connectivity index (χ0n) is 16.5. The Hall–Kier alpha value is -3.12. The number of aryl methyl sites for hydroxylation is 1. The van der Waals surface area contributed by atoms with Gasteiger partial charge in [-0.15, -0.1) is 0 Å². The highest BCUT2D eigenvalue weighted by Gasteiger charge is 2.41. The molecule has 2 aromatic carbocycles. The smallest absolute Gasteiger partial charge is 0.235 e. The average Bonchev–Trinajstić information content (AvgIpc) is 3.19. The second-order valence-electron chi connectivity index (χ2n) is 7.28. The summed E-state index contributed by atoms with van der Waals surface area (Å²) in [4.78, 5) is 17.5. The Morgan fingerprint density at radius 3 is 2.52 bits per heavy atom. The fourth-order valence-corrected chi connectivity index (χ4v) is 3.69. The van der Waals surface area contributed by atoms with Crippen LogP contribution in [0.15, 0.2) is 67.0 Å². The topological polar surface area (TPSA) is 65.4 Å². The maximum absolute atomic E-state index is 13.3. The van der Waals surface area contributed by atoms with Crippen molar-refractivity contribution in [2.45, 2.75) is 24.9 Å². The molecule has 1 saturated heterocycles. The Labute approximate surface area is 170 Å². The molecule has 1 N–H and O–H groups in total. The quantitative estimate of drug-likeness (QED) is 0.696. The van der Waals surface area contributed by atoms with Crippen LogP contribution in [0.1, 0.15) is 24.2 Å². The van der Waals surface area contributed by atoms with Crippen LogP contribution in [0.4, 0.5) is 5.69 Å². The molecule has 6 heteroatoms. The van der Waals surface area contributed by atoms with Gasteiger partial charge >= 0.3 is 0 Å². The number of imidazole rings is 1. The fourth-order valence-electron chi connectivity index (χ4n) is 3.69. The number of ether oxygens (including phenoxy) is 2. The maximum Gasteiger partial charge on any atom is 0.235 e. The van der Waals surface area contributed by atoms with E-state index in [4.69, 9.17) is 9.47 Å². The third-order valence-electron chi connectivity index (χ3n) is 5.51. The number of benzene rings is 2. The molecule has 0 aliphatic carbocycles. The number of anilines is 1. The Bertz CT molecular complexity index is 945. The monoisotopic (exact) mass is 391 g/mol. The third kappa shape index (κ3) is 4.17. The van der Waals surface area contributed by atoms with Crippen LogP contribution >= 0.6 is 0 Å². The molecule has 1 amide bonds. The molecule has 0 bridgehead atoms. The van der Waals surface area contributed by atoms with Crippen LogP contribution in [0.5, 0.6) is 5.75 Å². The lowest BCUT2D eigenvalue weighted by Gasteiger charge is -2.36. The van der Waals surface area contributed by atoms with Crippen molar-refractivity contribution in [1.82, 2.24) is 9.55 Å². The van der Waals surface area contributed by atoms with E-state index >= 15 is 0 Å². The second kappa shape index (κ2) is 8.49. The zero-order chi connectivity index (χ0) is 20.1. The van der Waals surface area contributed by atoms with Crippen molar-refractivity contribution in [1.29, 1.82) is 0 Å². The van der Waals surface area contributed by atoms with E-state index in [1.807, 2.05) is 72.4 Å². The molecule has 150 valence electrons. The van der Waals surface area contributed by atoms with Crippen molar-refractivity contribution in [3.63, 3.8) is 0 Å². The number of amides is 1. The van der Waals surface area contributed by atoms with Gasteiger partial charge in [-0.25, -0.2) is 4.98 Å². The number of aromatic nitrogens is 2. The lowest BCUT2D eigenvalue weighted by Crippen LogP contribution is -2.44. The predicted molar refractivity (Wildman–Crippen MR) is 111 cm³/mol. The van der Waals surface area contributed by atoms with E-state index < -0.39 is 5.41 Å². The van der Waals surface area contributed by atoms with E-state index in [0.29, 0.717) is 32.7 Å². The lowest BCUT2D eigenvalue weighted by atomic mass is 9.73. The molecule has 0 unspecified atom stereocenters. The van der Waals surface area contributed by atoms with Crippen molar-refractivity contribution < 1.29 is 14.3 Å². The van der Waals surface area contributed by atoms with Crippen LogP contribution in [-0.4, -0.2) is 28.7 Å². The molecular formula is C23H25N3O3. The molecule has 0 saturated carbocycles. The number of hydrogen-bond donors (Lipinski definition) is 1. The van der Waals surface area contributed by atoms with Gasteiger partial charge in [-0.05, 0) is 42.7 Å². The Balaban J connectivity index is 1.45. The van der Waals surface area contributed by atoms with Gasteiger partial charge in [0, 0.05) is 38.3 Å². The number of carbonyl (C=O) groups excluding carboxylic acids is 1. The molecule has 1 aliphatic rings. The first-order valence-electron chi connectivity index (χ1n) is 9.81. The largest absolute Gasteiger partial charge is 0.486 e. The second-order valence-corrected chi connectivity index (χ2v) is 7.28. The number of carbonyl (C=O) groups is 1. The summed E-state index contributed by atoms with van der Waals surface area (Å²) in [5, 5.41) is 3.09. The zero-order valence-corrected chi connectivity index (χ0v) is 16.5. The minimum Gasteiger partial charge on any atom is -0.486 e. The van der Waals surface area contributed by atoms with Crippen molar-refractivity contribution >= 4 is 11.6 Å². The van der Waals surface area contributed by atoms with E-state index in [2.05, 4.69) is 10.3 Å². The van der Waals surface area contributed by atoms with Gasteiger partial charge in [-0.3, -0.25) is 4.79 Å². The van der Waals surface area contributed by atoms with Crippen LogP contribution in [0.2, 0.25) is 0 Å². The average molecular weight is 391 g/mol. The van der Waals surface area contributed by atoms with Crippen molar-refractivity contribution in [3.8, 4) is 5.75 Å². The molecule has 2 heterocycles. The van der Waals surface area contributed by atoms with Gasteiger partial charge in [0.15, 0.2) is 0 Å². The van der Waals surface area contributed by atoms with Gasteiger partial charge in [0.2, 0.25) is 5.91 Å². The highest BCUT2D eigenvalue weighted by atomic mass is 16.5. The fraction of sp³-hybridized carbons (Fsp3) is 0.304. The number of hydrogen-bond acceptors (Lipinski definition) is 4. The van der Waals surface area contributed by atoms with Gasteiger partial charge in [0.25, 0.3) is 0 Å². The van der Waals surface area contributed by atoms with Crippen LogP contribution in [0.3, 0.4) is 0 Å². The summed E-state index contributed by atoms with van der Waals surface area (Å²) in [6.45, 7) is 1.57. The van der Waals surface area contributed by atoms with Crippen molar-refractivity contribution in [2.24, 2.45) is 7.05 Å². The Morgan fingerprint density at radius 1 is 1.14 bits per heavy atom. The van der Waals surface area contributed by atoms with Crippen molar-refractivity contribution in [2.75, 3.05) is 18.5 Å². The van der Waals surface area contributed by atoms with E-state index in [9.17, 15) is 4.79 Å². The molecule has 6 nitrogen and oxygen atoms in total. The van der Waals surface area contributed by atoms with Crippen LogP contribution in [-0.2, 0) is 28.6 Å². The van der Waals surface area contributed by atoms with Crippen LogP contribution in [0, 0.1) is 0 Å². The van der Waals surface area contributed by atoms with E-state index in [1.165, 1.54) is 0 Å². The standard InChI is InChI=1S/C23H25N3O3/c1-26-14-13-24-21(26)17-29-20-9-7-19(8-10-20)25-22(27)23(11-15-28-16-12-23)18-5-3-2-4-6-18/h2-10,13-14H,11-12,15-17H2,1H3,(H,25,27). The molecule has 3 aromatic rings. The molecule has 1 fully saturated rings. The first-order valence-corrected chi connectivity index (χ1v) is 9.81. The molecule has 0 radical (unpaired) electrons. The number of nitrogens with one attached hydrogen (secondary N) is 1. The minimum absolute atomic E-state index is 0.00804. The Kier molecular flexibility index (Phi) is 5.62. The number of nitrogens with zero attached hydrogens (tertiary/aromatic N) is 2. The predicted octanol–water partition coefficient (Wildman–Crippen LogP) is 3.69. The minimum atomic E-state index is -0.563. The summed E-state index contributed by atoms with van der Waals surface area (Å²) in [5.41, 5.74) is 1.23. The van der Waals surface area contributed by atoms with Crippen LogP contribution < -0.4 is 10.1 Å². The lowest BCUT2D eigenvalue weighted by molar-refractivity contribution is -0.125. The summed E-state index contributed by atoms with van der Waals surface area (Å²) < 4.78 is 13.2. The maximum atomic E-state index is 13.3. The molecule has 0 atom stereocenters. The molecule has 4 rings (SSSR count). The van der Waals surface area contributed by atoms with Gasteiger partial charge in [-0.2, -0.15) is 0 Å². The molecule has 1 aromatic heterocycles. The van der Waals surface area contributed by atoms with Crippen LogP contribution in [0.25, 0.3) is 0 Å². The molecule has 29 heavy (non-hydrogen) atoms. The van der Waals surface area contributed by atoms with Crippen molar-refractivity contribution in [3.05, 3.63) is 78.4 Å². The van der Waals surface area contributed by atoms with E-state index in [-0.39, 0.29) is 5.91 Å². The normalized spacial score (nSPS) is 15.6. The molecule has 1 aliphatic heterocycles. The highest BCUT2D eigenvalue weighted by molar-refractivity contribution is 5.99. The third-order valence-corrected chi connectivity index (χ3v) is 5.51. The van der Waals surface area contributed by atoms with E-state index in [1.54, 1.807) is 6.20 Å². The highest BCUT2D eigenvalue weighted by Crippen LogP contribution is 2.36. The summed E-state index contributed by atoms with van der Waals surface area (Å²) in [6, 6.07) is 17.4. The summed E-state index contributed by atoms with van der Waals surface area (Å²) >= 11 is 0. The van der Waals surface area contributed by atoms with Gasteiger partial charge in [0.1, 0.15) is 18.2 Å². The Morgan fingerprint density at radius 2 is 1.86 bits per heavy atom. The van der Waals surface area contributed by atoms with E-state index in [0.717, 1.165) is 22.8 Å². The molecule has 0 spiro atoms. The first-order chi connectivity index (χ1) is 14.2. The van der Waals surface area contributed by atoms with Gasteiger partial charge in [-0.1, -0.05) is 30.3 Å². The summed E-state index contributed by atoms with van der Waals surface area (Å²) in [7, 11) is 1.93. The number of rotatable bonds is 6. The van der Waals surface area contributed by atoms with Gasteiger partial charge in [0.05, 0.1) is 5.41 Å². The summed E-state index contributed by atoms with van der Waals surface area (Å²) in [5.74, 6) is 1.59. The van der Waals surface area contributed by atoms with Gasteiger partial charge < -0.3 is 19.4 Å². The molecular weight excluding hydrogens is 366 g/mol. The SMILES string of the molecule is Cn1ccnc1COc1ccc(NC(=O)C2(c3ccccc3)CCOCC2)cc1. The summed E-state index contributed by atoms with van der Waals surface area (Å²) in [6.07, 6.45) is 4.98. The first kappa shape index (κ1) is 19.2.